The van der Waals surface area contributed by atoms with Gasteiger partial charge in [0.15, 0.2) is 5.78 Å². The SMILES string of the molecule is CCN(NCc1ccc(OC)cc1)C(=O)c1cccc(C(=O)CCNCCN2CCC(OC(=O)Nc3ccccc3-c3ccccc3)CC2)c1. The highest BCUT2D eigenvalue weighted by molar-refractivity contribution is 6.00. The summed E-state index contributed by atoms with van der Waals surface area (Å²) in [7, 11) is 1.63. The van der Waals surface area contributed by atoms with Crippen LogP contribution >= 0.6 is 0 Å². The number of carbonyl (C=O) groups is 3. The fourth-order valence-electron chi connectivity index (χ4n) is 5.95. The molecule has 0 atom stereocenters. The van der Waals surface area contributed by atoms with Crippen molar-refractivity contribution < 1.29 is 23.9 Å². The van der Waals surface area contributed by atoms with E-state index in [1.165, 1.54) is 0 Å². The first kappa shape index (κ1) is 36.3. The number of amides is 2. The molecule has 10 nitrogen and oxygen atoms in total. The number of methoxy groups -OCH3 is 1. The van der Waals surface area contributed by atoms with Gasteiger partial charge in [0.2, 0.25) is 0 Å². The number of hydrogen-bond donors (Lipinski definition) is 3. The molecule has 0 spiro atoms. The molecule has 3 N–H and O–H groups in total. The molecule has 0 saturated carbocycles. The summed E-state index contributed by atoms with van der Waals surface area (Å²) < 4.78 is 11.0. The zero-order valence-electron chi connectivity index (χ0n) is 28.9. The van der Waals surface area contributed by atoms with Gasteiger partial charge in [0.05, 0.1) is 12.8 Å². The maximum atomic E-state index is 13.2. The monoisotopic (exact) mass is 677 g/mol. The van der Waals surface area contributed by atoms with Crippen LogP contribution in [0, 0.1) is 0 Å². The van der Waals surface area contributed by atoms with Crippen molar-refractivity contribution in [2.24, 2.45) is 0 Å². The molecule has 1 aliphatic rings. The smallest absolute Gasteiger partial charge is 0.411 e. The number of nitrogens with one attached hydrogen (secondary N) is 3. The second-order valence-corrected chi connectivity index (χ2v) is 12.2. The number of anilines is 1. The number of hydrazine groups is 1. The normalized spacial score (nSPS) is 13.4. The van der Waals surface area contributed by atoms with Crippen LogP contribution in [0.1, 0.15) is 52.5 Å². The van der Waals surface area contributed by atoms with Gasteiger partial charge in [-0.1, -0.05) is 72.8 Å². The number of nitrogens with zero attached hydrogens (tertiary/aromatic N) is 2. The highest BCUT2D eigenvalue weighted by Gasteiger charge is 2.23. The quantitative estimate of drug-likeness (QED) is 0.0710. The van der Waals surface area contributed by atoms with E-state index >= 15 is 0 Å². The van der Waals surface area contributed by atoms with Crippen LogP contribution < -0.4 is 20.8 Å². The van der Waals surface area contributed by atoms with Crippen molar-refractivity contribution in [1.29, 1.82) is 0 Å². The molecule has 1 fully saturated rings. The van der Waals surface area contributed by atoms with Gasteiger partial charge in [-0.25, -0.2) is 10.2 Å². The molecule has 50 heavy (non-hydrogen) atoms. The first-order valence-corrected chi connectivity index (χ1v) is 17.3. The lowest BCUT2D eigenvalue weighted by Gasteiger charge is -2.31. The van der Waals surface area contributed by atoms with E-state index in [2.05, 4.69) is 21.0 Å². The molecule has 1 aliphatic heterocycles. The lowest BCUT2D eigenvalue weighted by molar-refractivity contribution is 0.0592. The summed E-state index contributed by atoms with van der Waals surface area (Å²) in [5.74, 6) is 0.586. The van der Waals surface area contributed by atoms with Gasteiger partial charge in [0.1, 0.15) is 11.9 Å². The Balaban J connectivity index is 0.981. The first-order valence-electron chi connectivity index (χ1n) is 17.3. The molecule has 262 valence electrons. The summed E-state index contributed by atoms with van der Waals surface area (Å²) >= 11 is 0. The zero-order valence-corrected chi connectivity index (χ0v) is 28.9. The van der Waals surface area contributed by atoms with Crippen LogP contribution in [0.4, 0.5) is 10.5 Å². The highest BCUT2D eigenvalue weighted by atomic mass is 16.6. The van der Waals surface area contributed by atoms with E-state index in [1.54, 1.807) is 36.4 Å². The number of ketones is 1. The number of Topliss-reactive ketones (excluding diaryl/α,β-unsaturated/α-hetero) is 1. The Kier molecular flexibility index (Phi) is 13.5. The van der Waals surface area contributed by atoms with Gasteiger partial charge < -0.3 is 19.7 Å². The van der Waals surface area contributed by atoms with Crippen LogP contribution in [0.5, 0.6) is 5.75 Å². The Hall–Kier alpha value is -5.03. The van der Waals surface area contributed by atoms with E-state index in [0.717, 1.165) is 67.1 Å². The summed E-state index contributed by atoms with van der Waals surface area (Å²) in [5.41, 5.74) is 7.91. The predicted octanol–water partition coefficient (Wildman–Crippen LogP) is 6.40. The van der Waals surface area contributed by atoms with Crippen molar-refractivity contribution in [3.8, 4) is 16.9 Å². The molecule has 10 heteroatoms. The Bertz CT molecular complexity index is 1690. The Morgan fingerprint density at radius 2 is 1.56 bits per heavy atom. The van der Waals surface area contributed by atoms with Crippen molar-refractivity contribution in [3.63, 3.8) is 0 Å². The first-order chi connectivity index (χ1) is 24.4. The lowest BCUT2D eigenvalue weighted by Crippen LogP contribution is -2.42. The molecule has 0 aromatic heterocycles. The summed E-state index contributed by atoms with van der Waals surface area (Å²) in [6, 6.07) is 32.3. The van der Waals surface area contributed by atoms with Crippen molar-refractivity contribution in [2.75, 3.05) is 51.7 Å². The Morgan fingerprint density at radius 3 is 2.30 bits per heavy atom. The Morgan fingerprint density at radius 1 is 0.840 bits per heavy atom. The number of ether oxygens (including phenoxy) is 2. The minimum absolute atomic E-state index is 0.0102. The van der Waals surface area contributed by atoms with Crippen molar-refractivity contribution in [1.82, 2.24) is 20.7 Å². The van der Waals surface area contributed by atoms with Crippen LogP contribution in [0.2, 0.25) is 0 Å². The van der Waals surface area contributed by atoms with Crippen LogP contribution in [0.25, 0.3) is 11.1 Å². The molecule has 0 unspecified atom stereocenters. The van der Waals surface area contributed by atoms with Gasteiger partial charge in [-0.2, -0.15) is 0 Å². The standard InChI is InChI=1S/C40H47N5O5/c1-3-45(42-29-30-16-18-34(49-2)19-17-30)39(47)33-13-9-12-32(28-33)38(46)20-23-41-24-27-44-25-21-35(22-26-44)50-40(48)43-37-15-8-7-14-36(37)31-10-5-4-6-11-31/h4-19,28,35,41-42H,3,20-27,29H2,1-2H3,(H,43,48). The average Bonchev–Trinajstić information content (AvgIpc) is 3.16. The second-order valence-electron chi connectivity index (χ2n) is 12.2. The minimum Gasteiger partial charge on any atom is -0.497 e. The molecule has 0 radical (unpaired) electrons. The number of hydrogen-bond acceptors (Lipinski definition) is 8. The molecule has 1 heterocycles. The molecular weight excluding hydrogens is 630 g/mol. The summed E-state index contributed by atoms with van der Waals surface area (Å²) in [6.45, 7) is 6.68. The number of benzene rings is 4. The van der Waals surface area contributed by atoms with E-state index in [9.17, 15) is 14.4 Å². The van der Waals surface area contributed by atoms with Crippen LogP contribution in [0.3, 0.4) is 0 Å². The zero-order chi connectivity index (χ0) is 35.1. The fourth-order valence-corrected chi connectivity index (χ4v) is 5.95. The molecule has 2 amide bonds. The largest absolute Gasteiger partial charge is 0.497 e. The number of rotatable bonds is 16. The van der Waals surface area contributed by atoms with Crippen LogP contribution in [-0.2, 0) is 11.3 Å². The van der Waals surface area contributed by atoms with Crippen molar-refractivity contribution in [2.45, 2.75) is 38.8 Å². The van der Waals surface area contributed by atoms with E-state index in [1.807, 2.05) is 85.8 Å². The molecular formula is C40H47N5O5. The van der Waals surface area contributed by atoms with Gasteiger partial charge in [0.25, 0.3) is 5.91 Å². The summed E-state index contributed by atoms with van der Waals surface area (Å²) in [6.07, 6.45) is 1.32. The van der Waals surface area contributed by atoms with Gasteiger partial charge in [-0.05, 0) is 61.2 Å². The summed E-state index contributed by atoms with van der Waals surface area (Å²) in [4.78, 5) is 41.3. The van der Waals surface area contributed by atoms with E-state index in [0.29, 0.717) is 37.2 Å². The van der Waals surface area contributed by atoms with Crippen molar-refractivity contribution in [3.05, 3.63) is 120 Å². The van der Waals surface area contributed by atoms with Crippen LogP contribution in [-0.4, -0.2) is 80.2 Å². The van der Waals surface area contributed by atoms with Gasteiger partial charge in [0, 0.05) is 68.9 Å². The minimum atomic E-state index is -0.433. The topological polar surface area (TPSA) is 112 Å². The molecule has 1 saturated heterocycles. The third-order valence-electron chi connectivity index (χ3n) is 8.82. The van der Waals surface area contributed by atoms with Gasteiger partial charge >= 0.3 is 6.09 Å². The molecule has 0 aliphatic carbocycles. The molecule has 5 rings (SSSR count). The molecule has 4 aromatic rings. The van der Waals surface area contributed by atoms with Gasteiger partial charge in [-0.15, -0.1) is 0 Å². The average molecular weight is 678 g/mol. The molecule has 4 aromatic carbocycles. The number of carbonyl (C=O) groups excluding carboxylic acids is 3. The maximum absolute atomic E-state index is 13.2. The molecule has 0 bridgehead atoms. The van der Waals surface area contributed by atoms with Crippen molar-refractivity contribution >= 4 is 23.5 Å². The predicted molar refractivity (Wildman–Crippen MR) is 196 cm³/mol. The lowest BCUT2D eigenvalue weighted by atomic mass is 10.0. The fraction of sp³-hybridized carbons (Fsp3) is 0.325. The van der Waals surface area contributed by atoms with Crippen LogP contribution in [0.15, 0.2) is 103 Å². The van der Waals surface area contributed by atoms with E-state index in [-0.39, 0.29) is 17.8 Å². The maximum Gasteiger partial charge on any atom is 0.411 e. The number of para-hydroxylation sites is 1. The van der Waals surface area contributed by atoms with E-state index in [4.69, 9.17) is 9.47 Å². The summed E-state index contributed by atoms with van der Waals surface area (Å²) in [5, 5.41) is 7.87. The highest BCUT2D eigenvalue weighted by Crippen LogP contribution is 2.28. The van der Waals surface area contributed by atoms with Gasteiger partial charge in [-0.3, -0.25) is 19.9 Å². The third-order valence-corrected chi connectivity index (χ3v) is 8.82. The Labute approximate surface area is 294 Å². The number of likely N-dealkylation sites (tertiary alicyclic amines) is 1. The third kappa shape index (κ3) is 10.5. The second kappa shape index (κ2) is 18.7. The number of piperidine rings is 1. The van der Waals surface area contributed by atoms with E-state index < -0.39 is 6.09 Å².